The number of hydrogen-bond donors (Lipinski definition) is 0. The van der Waals surface area contributed by atoms with Crippen LogP contribution in [-0.2, 0) is 28.6 Å². The van der Waals surface area contributed by atoms with Crippen LogP contribution in [0.5, 0.6) is 0 Å². The van der Waals surface area contributed by atoms with Crippen LogP contribution in [0.4, 0.5) is 0 Å². The first-order valence-electron chi connectivity index (χ1n) is 29.7. The maximum Gasteiger partial charge on any atom is 0.306 e. The molecule has 0 aliphatic rings. The van der Waals surface area contributed by atoms with E-state index < -0.39 is 6.10 Å². The number of carbonyl (C=O) groups is 3. The summed E-state index contributed by atoms with van der Waals surface area (Å²) in [5.41, 5.74) is 0. The Bertz CT molecular complexity index is 1520. The molecular formula is C66H108O6. The van der Waals surface area contributed by atoms with E-state index in [-0.39, 0.29) is 31.1 Å². The van der Waals surface area contributed by atoms with Gasteiger partial charge >= 0.3 is 17.9 Å². The lowest BCUT2D eigenvalue weighted by molar-refractivity contribution is -0.167. The molecule has 0 aliphatic carbocycles. The SMILES string of the molecule is CCC\C=C/C=C\C=C/C=C\C=C/CCCCCCCC(=O)OCC(COC(=O)CCCCCCC/C=C\CCCCCCCCCCC)OC(=O)CCCCCCC\C=C/C=C\C=C/C=C\CCCCC. The zero-order valence-corrected chi connectivity index (χ0v) is 46.7. The van der Waals surface area contributed by atoms with E-state index in [4.69, 9.17) is 14.2 Å². The van der Waals surface area contributed by atoms with E-state index in [1.807, 2.05) is 24.3 Å². The molecule has 0 rings (SSSR count). The minimum atomic E-state index is -0.810. The van der Waals surface area contributed by atoms with E-state index in [1.54, 1.807) is 0 Å². The molecule has 0 bridgehead atoms. The highest BCUT2D eigenvalue weighted by Gasteiger charge is 2.19. The topological polar surface area (TPSA) is 78.9 Å². The lowest BCUT2D eigenvalue weighted by Gasteiger charge is -2.18. The molecule has 1 atom stereocenters. The Morgan fingerprint density at radius 2 is 0.542 bits per heavy atom. The van der Waals surface area contributed by atoms with Gasteiger partial charge in [0, 0.05) is 19.3 Å². The molecular weight excluding hydrogens is 889 g/mol. The molecule has 0 aliphatic heterocycles. The van der Waals surface area contributed by atoms with E-state index in [1.165, 1.54) is 96.3 Å². The average Bonchev–Trinajstić information content (AvgIpc) is 3.38. The number of carbonyl (C=O) groups excluding carboxylic acids is 3. The van der Waals surface area contributed by atoms with Crippen molar-refractivity contribution in [3.05, 3.63) is 122 Å². The first kappa shape index (κ1) is 67.8. The first-order chi connectivity index (χ1) is 35.5. The van der Waals surface area contributed by atoms with Gasteiger partial charge in [-0.3, -0.25) is 14.4 Å². The van der Waals surface area contributed by atoms with Crippen LogP contribution >= 0.6 is 0 Å². The third kappa shape index (κ3) is 56.7. The Balaban J connectivity index is 4.52. The molecule has 0 spiro atoms. The van der Waals surface area contributed by atoms with Crippen LogP contribution in [0.1, 0.15) is 258 Å². The normalized spacial score (nSPS) is 13.0. The average molecular weight is 998 g/mol. The van der Waals surface area contributed by atoms with Crippen molar-refractivity contribution in [2.75, 3.05) is 13.2 Å². The fraction of sp³-hybridized carbons (Fsp3) is 0.652. The maximum absolute atomic E-state index is 12.9. The second kappa shape index (κ2) is 59.4. The highest BCUT2D eigenvalue weighted by atomic mass is 16.6. The molecule has 0 heterocycles. The predicted octanol–water partition coefficient (Wildman–Crippen LogP) is 20.0. The minimum Gasteiger partial charge on any atom is -0.462 e. The summed E-state index contributed by atoms with van der Waals surface area (Å²) in [6.45, 7) is 6.47. The van der Waals surface area contributed by atoms with Crippen molar-refractivity contribution in [2.45, 2.75) is 264 Å². The molecule has 0 N–H and O–H groups in total. The van der Waals surface area contributed by atoms with Gasteiger partial charge in [-0.25, -0.2) is 0 Å². The largest absolute Gasteiger partial charge is 0.462 e. The van der Waals surface area contributed by atoms with Gasteiger partial charge in [0.15, 0.2) is 6.10 Å². The van der Waals surface area contributed by atoms with E-state index >= 15 is 0 Å². The fourth-order valence-electron chi connectivity index (χ4n) is 7.89. The molecule has 408 valence electrons. The Hall–Kier alpha value is -4.19. The second-order valence-electron chi connectivity index (χ2n) is 19.4. The number of esters is 3. The third-order valence-electron chi connectivity index (χ3n) is 12.4. The van der Waals surface area contributed by atoms with Crippen LogP contribution in [0.3, 0.4) is 0 Å². The van der Waals surface area contributed by atoms with Crippen LogP contribution in [0.25, 0.3) is 0 Å². The fourth-order valence-corrected chi connectivity index (χ4v) is 7.89. The lowest BCUT2D eigenvalue weighted by Crippen LogP contribution is -2.30. The number of ether oxygens (including phenoxy) is 3. The van der Waals surface area contributed by atoms with Crippen molar-refractivity contribution in [1.82, 2.24) is 0 Å². The highest BCUT2D eigenvalue weighted by molar-refractivity contribution is 5.71. The number of unbranched alkanes of at least 4 members (excludes halogenated alkanes) is 28. The van der Waals surface area contributed by atoms with Crippen LogP contribution in [0.2, 0.25) is 0 Å². The van der Waals surface area contributed by atoms with Gasteiger partial charge in [-0.2, -0.15) is 0 Å². The molecule has 1 unspecified atom stereocenters. The summed E-state index contributed by atoms with van der Waals surface area (Å²) in [4.78, 5) is 38.2. The van der Waals surface area contributed by atoms with E-state index in [2.05, 4.69) is 118 Å². The van der Waals surface area contributed by atoms with E-state index in [9.17, 15) is 14.4 Å². The zero-order valence-electron chi connectivity index (χ0n) is 46.7. The third-order valence-corrected chi connectivity index (χ3v) is 12.4. The van der Waals surface area contributed by atoms with Crippen molar-refractivity contribution in [2.24, 2.45) is 0 Å². The zero-order chi connectivity index (χ0) is 52.2. The quantitative estimate of drug-likeness (QED) is 0.0199. The molecule has 0 aromatic carbocycles. The second-order valence-corrected chi connectivity index (χ2v) is 19.4. The molecule has 0 aromatic heterocycles. The Kier molecular flexibility index (Phi) is 55.9. The predicted molar refractivity (Wildman–Crippen MR) is 311 cm³/mol. The van der Waals surface area contributed by atoms with Crippen molar-refractivity contribution in [3.63, 3.8) is 0 Å². The smallest absolute Gasteiger partial charge is 0.306 e. The molecule has 0 amide bonds. The van der Waals surface area contributed by atoms with Gasteiger partial charge in [0.1, 0.15) is 13.2 Å². The standard InChI is InChI=1S/C66H108O6/c1-4-7-10-13-16-19-22-25-28-31-34-37-40-43-46-49-52-55-58-64(67)70-61-63(72-66(69)60-57-54-51-48-45-42-39-36-33-30-27-24-21-18-15-12-9-6-3)62-71-65(68)59-56-53-50-47-44-41-38-35-32-29-26-23-20-17-14-11-8-5-2/h10,13,16,18-19,21-22,24-25,27-28,30-31,33-39,63H,4-9,11-12,14-15,17,20,23,26,29,32,40-62H2,1-3H3/b13-10-,19-16-,21-18-,25-22-,27-24-,31-28-,33-30-,37-34-,38-35-,39-36-. The molecule has 0 aromatic rings. The molecule has 6 nitrogen and oxygen atoms in total. The van der Waals surface area contributed by atoms with Crippen LogP contribution < -0.4 is 0 Å². The summed E-state index contributed by atoms with van der Waals surface area (Å²) in [6, 6.07) is 0. The van der Waals surface area contributed by atoms with Crippen molar-refractivity contribution >= 4 is 17.9 Å². The van der Waals surface area contributed by atoms with Gasteiger partial charge < -0.3 is 14.2 Å². The maximum atomic E-state index is 12.9. The Morgan fingerprint density at radius 3 is 0.903 bits per heavy atom. The van der Waals surface area contributed by atoms with Gasteiger partial charge in [-0.15, -0.1) is 0 Å². The lowest BCUT2D eigenvalue weighted by atomic mass is 10.1. The van der Waals surface area contributed by atoms with Gasteiger partial charge in [0.05, 0.1) is 0 Å². The molecule has 0 fully saturated rings. The van der Waals surface area contributed by atoms with E-state index in [0.29, 0.717) is 19.3 Å². The van der Waals surface area contributed by atoms with Gasteiger partial charge in [-0.05, 0) is 89.9 Å². The van der Waals surface area contributed by atoms with Crippen molar-refractivity contribution in [3.8, 4) is 0 Å². The summed E-state index contributed by atoms with van der Waals surface area (Å²) < 4.78 is 16.8. The summed E-state index contributed by atoms with van der Waals surface area (Å²) in [6.07, 6.45) is 81.7. The molecule has 0 saturated carbocycles. The first-order valence-corrected chi connectivity index (χ1v) is 29.7. The summed E-state index contributed by atoms with van der Waals surface area (Å²) in [5.74, 6) is -0.959. The Morgan fingerprint density at radius 1 is 0.278 bits per heavy atom. The summed E-state index contributed by atoms with van der Waals surface area (Å²) in [7, 11) is 0. The molecule has 6 heteroatoms. The van der Waals surface area contributed by atoms with Gasteiger partial charge in [0.25, 0.3) is 0 Å². The van der Waals surface area contributed by atoms with Crippen LogP contribution in [0, 0.1) is 0 Å². The molecule has 0 saturated heterocycles. The van der Waals surface area contributed by atoms with Crippen LogP contribution in [-0.4, -0.2) is 37.2 Å². The highest BCUT2D eigenvalue weighted by Crippen LogP contribution is 2.14. The number of rotatable bonds is 52. The number of hydrogen-bond acceptors (Lipinski definition) is 6. The van der Waals surface area contributed by atoms with Gasteiger partial charge in [0.2, 0.25) is 0 Å². The molecule has 72 heavy (non-hydrogen) atoms. The number of allylic oxidation sites excluding steroid dienone is 20. The van der Waals surface area contributed by atoms with Crippen molar-refractivity contribution in [1.29, 1.82) is 0 Å². The van der Waals surface area contributed by atoms with Gasteiger partial charge in [-0.1, -0.05) is 271 Å². The summed E-state index contributed by atoms with van der Waals surface area (Å²) in [5, 5.41) is 0. The summed E-state index contributed by atoms with van der Waals surface area (Å²) >= 11 is 0. The Labute approximate surface area is 443 Å². The monoisotopic (exact) mass is 997 g/mol. The molecule has 0 radical (unpaired) electrons. The minimum absolute atomic E-state index is 0.103. The van der Waals surface area contributed by atoms with Crippen LogP contribution in [0.15, 0.2) is 122 Å². The van der Waals surface area contributed by atoms with E-state index in [0.717, 1.165) is 122 Å². The van der Waals surface area contributed by atoms with Crippen molar-refractivity contribution < 1.29 is 28.6 Å².